The number of piperidine rings is 1. The lowest BCUT2D eigenvalue weighted by molar-refractivity contribution is -0.164. The fraction of sp³-hybridized carbons (Fsp3) is 0.526. The summed E-state index contributed by atoms with van der Waals surface area (Å²) in [6, 6.07) is 3.64. The van der Waals surface area contributed by atoms with E-state index in [4.69, 9.17) is 0 Å². The van der Waals surface area contributed by atoms with Crippen molar-refractivity contribution in [2.75, 3.05) is 39.8 Å². The SMILES string of the molecule is CN(O)C(=O)[C@H]1CNCCN1S(=O)(=O)N1CCC(c2c[nH]c3ccc(F)cc23)CC1. The van der Waals surface area contributed by atoms with Crippen LogP contribution < -0.4 is 5.32 Å². The van der Waals surface area contributed by atoms with Crippen molar-refractivity contribution in [3.05, 3.63) is 35.8 Å². The van der Waals surface area contributed by atoms with E-state index in [9.17, 15) is 22.8 Å². The molecule has 1 aromatic carbocycles. The summed E-state index contributed by atoms with van der Waals surface area (Å²) in [6.45, 7) is 1.38. The van der Waals surface area contributed by atoms with Crippen molar-refractivity contribution in [1.82, 2.24) is 24.0 Å². The van der Waals surface area contributed by atoms with E-state index in [1.807, 2.05) is 6.20 Å². The smallest absolute Gasteiger partial charge is 0.282 e. The Morgan fingerprint density at radius 3 is 2.70 bits per heavy atom. The Hall–Kier alpha value is -2.05. The third-order valence-corrected chi connectivity index (χ3v) is 8.04. The van der Waals surface area contributed by atoms with E-state index in [0.29, 0.717) is 37.5 Å². The number of rotatable bonds is 4. The zero-order valence-electron chi connectivity index (χ0n) is 16.7. The van der Waals surface area contributed by atoms with Gasteiger partial charge in [0.1, 0.15) is 11.9 Å². The minimum atomic E-state index is -3.85. The van der Waals surface area contributed by atoms with Crippen molar-refractivity contribution < 1.29 is 22.8 Å². The lowest BCUT2D eigenvalue weighted by atomic mass is 9.90. The molecule has 0 aliphatic carbocycles. The van der Waals surface area contributed by atoms with E-state index >= 15 is 0 Å². The number of hydrogen-bond acceptors (Lipinski definition) is 5. The zero-order chi connectivity index (χ0) is 21.5. The molecule has 3 N–H and O–H groups in total. The molecule has 2 aliphatic rings. The highest BCUT2D eigenvalue weighted by Crippen LogP contribution is 2.34. The Morgan fingerprint density at radius 2 is 2.00 bits per heavy atom. The molecule has 2 aliphatic heterocycles. The summed E-state index contributed by atoms with van der Waals surface area (Å²) in [5.41, 5.74) is 1.86. The van der Waals surface area contributed by atoms with Crippen LogP contribution in [0.2, 0.25) is 0 Å². The van der Waals surface area contributed by atoms with Crippen LogP contribution in [-0.2, 0) is 15.0 Å². The molecule has 1 aromatic heterocycles. The fourth-order valence-corrected chi connectivity index (χ4v) is 6.16. The van der Waals surface area contributed by atoms with E-state index in [2.05, 4.69) is 10.3 Å². The number of H-pyrrole nitrogens is 1. The summed E-state index contributed by atoms with van der Waals surface area (Å²) in [5, 5.41) is 13.8. The maximum Gasteiger partial charge on any atom is 0.282 e. The number of carbonyl (C=O) groups is 1. The maximum absolute atomic E-state index is 13.7. The summed E-state index contributed by atoms with van der Waals surface area (Å²) in [5.74, 6) is -0.843. The molecule has 1 atom stereocenters. The van der Waals surface area contributed by atoms with Crippen LogP contribution in [0.3, 0.4) is 0 Å². The lowest BCUT2D eigenvalue weighted by Crippen LogP contribution is -2.62. The van der Waals surface area contributed by atoms with Crippen LogP contribution in [0.5, 0.6) is 0 Å². The first-order valence-electron chi connectivity index (χ1n) is 9.99. The second-order valence-corrected chi connectivity index (χ2v) is 9.69. The summed E-state index contributed by atoms with van der Waals surface area (Å²) in [4.78, 5) is 15.4. The number of aromatic nitrogens is 1. The van der Waals surface area contributed by atoms with Crippen LogP contribution in [0, 0.1) is 5.82 Å². The highest BCUT2D eigenvalue weighted by Gasteiger charge is 2.42. The van der Waals surface area contributed by atoms with E-state index in [0.717, 1.165) is 16.5 Å². The van der Waals surface area contributed by atoms with Gasteiger partial charge in [0.05, 0.1) is 0 Å². The number of piperazine rings is 1. The van der Waals surface area contributed by atoms with Crippen molar-refractivity contribution in [3.8, 4) is 0 Å². The maximum atomic E-state index is 13.7. The highest BCUT2D eigenvalue weighted by atomic mass is 32.2. The molecular formula is C19H26FN5O4S. The van der Waals surface area contributed by atoms with E-state index in [1.165, 1.54) is 27.8 Å². The van der Waals surface area contributed by atoms with Gasteiger partial charge in [0.25, 0.3) is 16.1 Å². The molecule has 11 heteroatoms. The Morgan fingerprint density at radius 1 is 1.27 bits per heavy atom. The van der Waals surface area contributed by atoms with Crippen molar-refractivity contribution in [3.63, 3.8) is 0 Å². The number of hydroxylamine groups is 2. The molecule has 0 unspecified atom stereocenters. The topological polar surface area (TPSA) is 109 Å². The Bertz CT molecular complexity index is 1030. The van der Waals surface area contributed by atoms with Crippen LogP contribution in [0.25, 0.3) is 10.9 Å². The molecule has 4 rings (SSSR count). The van der Waals surface area contributed by atoms with Crippen LogP contribution in [0.4, 0.5) is 4.39 Å². The van der Waals surface area contributed by atoms with Crippen molar-refractivity contribution in [2.24, 2.45) is 0 Å². The van der Waals surface area contributed by atoms with Crippen molar-refractivity contribution in [1.29, 1.82) is 0 Å². The van der Waals surface area contributed by atoms with Gasteiger partial charge < -0.3 is 10.3 Å². The number of fused-ring (bicyclic) bond motifs is 1. The van der Waals surface area contributed by atoms with Gasteiger partial charge in [-0.3, -0.25) is 10.0 Å². The second kappa shape index (κ2) is 8.23. The number of halogens is 1. The van der Waals surface area contributed by atoms with E-state index < -0.39 is 22.2 Å². The average molecular weight is 440 g/mol. The molecule has 1 amide bonds. The molecule has 2 fully saturated rings. The molecular weight excluding hydrogens is 413 g/mol. The summed E-state index contributed by atoms with van der Waals surface area (Å²) < 4.78 is 42.8. The summed E-state index contributed by atoms with van der Waals surface area (Å²) >= 11 is 0. The van der Waals surface area contributed by atoms with Gasteiger partial charge in [0, 0.05) is 56.9 Å². The zero-order valence-corrected chi connectivity index (χ0v) is 17.5. The summed E-state index contributed by atoms with van der Waals surface area (Å²) in [6.07, 6.45) is 3.08. The number of nitrogens with zero attached hydrogens (tertiary/aromatic N) is 3. The van der Waals surface area contributed by atoms with E-state index in [-0.39, 0.29) is 24.8 Å². The van der Waals surface area contributed by atoms with Crippen LogP contribution in [0.15, 0.2) is 24.4 Å². The van der Waals surface area contributed by atoms with Crippen LogP contribution >= 0.6 is 0 Å². The average Bonchev–Trinajstić information content (AvgIpc) is 3.16. The molecule has 0 spiro atoms. The minimum absolute atomic E-state index is 0.121. The monoisotopic (exact) mass is 439 g/mol. The molecule has 30 heavy (non-hydrogen) atoms. The number of hydrogen-bond donors (Lipinski definition) is 3. The quantitative estimate of drug-likeness (QED) is 0.484. The van der Waals surface area contributed by atoms with Gasteiger partial charge in [0.15, 0.2) is 0 Å². The van der Waals surface area contributed by atoms with Crippen molar-refractivity contribution >= 4 is 27.0 Å². The van der Waals surface area contributed by atoms with Gasteiger partial charge in [-0.1, -0.05) is 0 Å². The van der Waals surface area contributed by atoms with E-state index in [1.54, 1.807) is 6.07 Å². The highest BCUT2D eigenvalue weighted by molar-refractivity contribution is 7.86. The minimum Gasteiger partial charge on any atom is -0.361 e. The van der Waals surface area contributed by atoms with Gasteiger partial charge in [-0.2, -0.15) is 17.0 Å². The van der Waals surface area contributed by atoms with Gasteiger partial charge in [-0.05, 0) is 42.5 Å². The number of benzene rings is 1. The molecule has 3 heterocycles. The van der Waals surface area contributed by atoms with Crippen LogP contribution in [0.1, 0.15) is 24.3 Å². The third kappa shape index (κ3) is 3.83. The van der Waals surface area contributed by atoms with Crippen LogP contribution in [-0.4, -0.2) is 84.0 Å². The third-order valence-electron chi connectivity index (χ3n) is 5.99. The Balaban J connectivity index is 1.49. The normalized spacial score (nSPS) is 22.4. The first-order valence-corrected chi connectivity index (χ1v) is 11.4. The number of aromatic amines is 1. The lowest BCUT2D eigenvalue weighted by Gasteiger charge is -2.40. The predicted octanol–water partition coefficient (Wildman–Crippen LogP) is 0.853. The number of amides is 1. The first kappa shape index (κ1) is 21.2. The molecule has 0 bridgehead atoms. The van der Waals surface area contributed by atoms with Gasteiger partial charge in [-0.25, -0.2) is 9.45 Å². The second-order valence-electron chi connectivity index (χ2n) is 7.81. The molecule has 0 radical (unpaired) electrons. The molecule has 9 nitrogen and oxygen atoms in total. The number of nitrogens with one attached hydrogen (secondary N) is 2. The van der Waals surface area contributed by atoms with Crippen molar-refractivity contribution in [2.45, 2.75) is 24.8 Å². The molecule has 2 aromatic rings. The van der Waals surface area contributed by atoms with Gasteiger partial charge in [0.2, 0.25) is 0 Å². The number of carbonyl (C=O) groups excluding carboxylic acids is 1. The number of likely N-dealkylation sites (N-methyl/N-ethyl adjacent to an activating group) is 1. The Kier molecular flexibility index (Phi) is 5.82. The molecule has 2 saturated heterocycles. The van der Waals surface area contributed by atoms with Gasteiger partial charge >= 0.3 is 0 Å². The largest absolute Gasteiger partial charge is 0.361 e. The first-order chi connectivity index (χ1) is 14.3. The molecule has 164 valence electrons. The molecule has 0 saturated carbocycles. The fourth-order valence-electron chi connectivity index (χ4n) is 4.39. The Labute approximate surface area is 174 Å². The predicted molar refractivity (Wildman–Crippen MR) is 109 cm³/mol. The summed E-state index contributed by atoms with van der Waals surface area (Å²) in [7, 11) is -2.66. The standard InChI is InChI=1S/C19H26FN5O4S/c1-23(27)19(26)18-12-21-6-9-25(18)30(28,29)24-7-4-13(5-8-24)16-11-22-17-3-2-14(20)10-15(16)17/h2-3,10-11,13,18,21-22,27H,4-9,12H2,1H3/t18-/m1/s1. The van der Waals surface area contributed by atoms with Gasteiger partial charge in [-0.15, -0.1) is 0 Å².